The average Bonchev–Trinajstić information content (AvgIpc) is 2.41. The molecule has 0 amide bonds. The first kappa shape index (κ1) is 27.4. The van der Waals surface area contributed by atoms with Crippen LogP contribution in [0.3, 0.4) is 0 Å². The van der Waals surface area contributed by atoms with E-state index in [0.29, 0.717) is 0 Å². The van der Waals surface area contributed by atoms with E-state index in [2.05, 4.69) is 27.0 Å². The quantitative estimate of drug-likeness (QED) is 0.196. The van der Waals surface area contributed by atoms with Crippen molar-refractivity contribution in [2.75, 3.05) is 6.61 Å². The molecule has 0 bridgehead atoms. The monoisotopic (exact) mass is 510 g/mol. The average molecular weight is 511 g/mol. The number of hydrogen-bond acceptors (Lipinski definition) is 4. The lowest BCUT2D eigenvalue weighted by molar-refractivity contribution is -0.517. The van der Waals surface area contributed by atoms with Gasteiger partial charge in [0.2, 0.25) is 0 Å². The molecule has 20 heteroatoms. The van der Waals surface area contributed by atoms with Crippen molar-refractivity contribution in [1.29, 1.82) is 0 Å². The van der Waals surface area contributed by atoms with Gasteiger partial charge < -0.3 is 4.74 Å². The Morgan fingerprint density at radius 2 is 1.25 bits per heavy atom. The number of rotatable bonds is 9. The standard InChI is InChI=1S/C8H2Cl2F13O4P/c9-28(10,24)25-1-4(14,15)7(20,21)27-5(16,6(17,18)19)8(22,23)26-3(13)2(11)12/h1H2. The predicted molar refractivity (Wildman–Crippen MR) is 62.5 cm³/mol. The highest BCUT2D eigenvalue weighted by molar-refractivity contribution is 8.05. The summed E-state index contributed by atoms with van der Waals surface area (Å²) >= 11 is 9.04. The van der Waals surface area contributed by atoms with E-state index in [1.807, 2.05) is 9.47 Å². The molecule has 0 spiro atoms. The number of alkyl halides is 10. The molecule has 0 aliphatic heterocycles. The zero-order chi connectivity index (χ0) is 23.0. The minimum absolute atomic E-state index is 1.83. The van der Waals surface area contributed by atoms with Crippen molar-refractivity contribution in [1.82, 2.24) is 0 Å². The van der Waals surface area contributed by atoms with Gasteiger partial charge in [-0.1, -0.05) is 0 Å². The van der Waals surface area contributed by atoms with Gasteiger partial charge >= 0.3 is 48.3 Å². The molecular weight excluding hydrogens is 509 g/mol. The van der Waals surface area contributed by atoms with E-state index in [0.717, 1.165) is 0 Å². The topological polar surface area (TPSA) is 44.8 Å². The van der Waals surface area contributed by atoms with Gasteiger partial charge in [-0.3, -0.25) is 13.8 Å². The minimum Gasteiger partial charge on any atom is -0.398 e. The Kier molecular flexibility index (Phi) is 8.05. The summed E-state index contributed by atoms with van der Waals surface area (Å²) in [6.45, 7) is -2.96. The SMILES string of the molecule is O=P(Cl)(Cl)OCC(F)(F)C(F)(F)OC(F)(C(F)(F)F)C(F)(F)OC(F)=C(F)F. The van der Waals surface area contributed by atoms with Crippen molar-refractivity contribution >= 4 is 28.6 Å². The molecule has 168 valence electrons. The van der Waals surface area contributed by atoms with Crippen LogP contribution >= 0.6 is 28.6 Å². The molecule has 1 unspecified atom stereocenters. The van der Waals surface area contributed by atoms with E-state index in [1.54, 1.807) is 0 Å². The lowest BCUT2D eigenvalue weighted by Gasteiger charge is -2.37. The van der Waals surface area contributed by atoms with Gasteiger partial charge in [0.1, 0.15) is 6.61 Å². The van der Waals surface area contributed by atoms with Gasteiger partial charge in [0.15, 0.2) is 0 Å². The predicted octanol–water partition coefficient (Wildman–Crippen LogP) is 6.71. The molecule has 0 rings (SSSR count). The van der Waals surface area contributed by atoms with Gasteiger partial charge in [0, 0.05) is 0 Å². The molecule has 0 saturated heterocycles. The van der Waals surface area contributed by atoms with Crippen LogP contribution in [0, 0.1) is 0 Å². The molecule has 0 heterocycles. The summed E-state index contributed by atoms with van der Waals surface area (Å²) in [6.07, 6.45) is -30.3. The third-order valence-electron chi connectivity index (χ3n) is 2.20. The molecule has 0 aliphatic rings. The van der Waals surface area contributed by atoms with Gasteiger partial charge in [0.25, 0.3) is 0 Å². The lowest BCUT2D eigenvalue weighted by Crippen LogP contribution is -2.63. The molecule has 0 fully saturated rings. The second-order valence-corrected chi connectivity index (χ2v) is 8.53. The van der Waals surface area contributed by atoms with Crippen LogP contribution in [0.4, 0.5) is 57.1 Å². The first-order valence-corrected chi connectivity index (χ1v) is 9.05. The number of hydrogen-bond donors (Lipinski definition) is 0. The van der Waals surface area contributed by atoms with E-state index >= 15 is 0 Å². The molecule has 0 aromatic rings. The first-order chi connectivity index (χ1) is 12.0. The summed E-state index contributed by atoms with van der Waals surface area (Å²) in [7, 11) is 0. The van der Waals surface area contributed by atoms with Crippen LogP contribution in [-0.2, 0) is 18.6 Å². The summed E-state index contributed by atoms with van der Waals surface area (Å²) in [5.41, 5.74) is 0. The minimum atomic E-state index is -7.39. The Hall–Kier alpha value is -0.640. The van der Waals surface area contributed by atoms with Crippen LogP contribution in [0.1, 0.15) is 0 Å². The van der Waals surface area contributed by atoms with Crippen LogP contribution in [-0.4, -0.2) is 36.8 Å². The molecular formula is C8H2Cl2F13O4P. The zero-order valence-electron chi connectivity index (χ0n) is 12.0. The molecule has 0 radical (unpaired) electrons. The fraction of sp³-hybridized carbons (Fsp3) is 0.750. The second-order valence-electron chi connectivity index (χ2n) is 4.26. The molecule has 1 atom stereocenters. The highest BCUT2D eigenvalue weighted by Crippen LogP contribution is 2.59. The second kappa shape index (κ2) is 8.24. The molecule has 0 saturated carbocycles. The van der Waals surface area contributed by atoms with Crippen molar-refractivity contribution in [3.8, 4) is 0 Å². The summed E-state index contributed by atoms with van der Waals surface area (Å²) in [5, 5.41) is 0. The maximum atomic E-state index is 13.6. The lowest BCUT2D eigenvalue weighted by atomic mass is 10.2. The summed E-state index contributed by atoms with van der Waals surface area (Å²) in [4.78, 5) is 0. The van der Waals surface area contributed by atoms with Crippen LogP contribution in [0.25, 0.3) is 0 Å². The molecule has 0 aliphatic carbocycles. The van der Waals surface area contributed by atoms with Crippen molar-refractivity contribution < 1.29 is 75.6 Å². The van der Waals surface area contributed by atoms with Gasteiger partial charge in [-0.25, -0.2) is 0 Å². The Morgan fingerprint density at radius 1 is 0.821 bits per heavy atom. The Labute approximate surface area is 154 Å². The zero-order valence-corrected chi connectivity index (χ0v) is 14.4. The fourth-order valence-electron chi connectivity index (χ4n) is 0.991. The van der Waals surface area contributed by atoms with Crippen molar-refractivity contribution in [3.05, 3.63) is 12.1 Å². The summed E-state index contributed by atoms with van der Waals surface area (Å²) in [6, 6.07) is -3.87. The van der Waals surface area contributed by atoms with E-state index in [9.17, 15) is 61.6 Å². The Bertz CT molecular complexity index is 643. The van der Waals surface area contributed by atoms with Crippen molar-refractivity contribution in [2.45, 2.75) is 30.2 Å². The van der Waals surface area contributed by atoms with Gasteiger partial charge in [-0.05, 0) is 22.5 Å². The Balaban J connectivity index is 6.06. The molecule has 0 aromatic carbocycles. The van der Waals surface area contributed by atoms with E-state index in [1.165, 1.54) is 0 Å². The van der Waals surface area contributed by atoms with Crippen molar-refractivity contribution in [3.63, 3.8) is 0 Å². The van der Waals surface area contributed by atoms with E-state index < -0.39 is 54.9 Å². The summed E-state index contributed by atoms with van der Waals surface area (Å²) in [5.74, 6) is -13.5. The first-order valence-electron chi connectivity index (χ1n) is 5.62. The van der Waals surface area contributed by atoms with E-state index in [4.69, 9.17) is 0 Å². The smallest absolute Gasteiger partial charge is 0.398 e. The molecule has 4 nitrogen and oxygen atoms in total. The highest BCUT2D eigenvalue weighted by Gasteiger charge is 2.81. The van der Waals surface area contributed by atoms with Gasteiger partial charge in [0.05, 0.1) is 0 Å². The van der Waals surface area contributed by atoms with Crippen molar-refractivity contribution in [2.24, 2.45) is 0 Å². The van der Waals surface area contributed by atoms with Crippen LogP contribution in [0.15, 0.2) is 12.1 Å². The van der Waals surface area contributed by atoms with Gasteiger partial charge in [-0.2, -0.15) is 57.1 Å². The fourth-order valence-corrected chi connectivity index (χ4v) is 1.60. The third kappa shape index (κ3) is 6.43. The molecule has 0 aromatic heterocycles. The maximum absolute atomic E-state index is 13.6. The molecule has 0 N–H and O–H groups in total. The van der Waals surface area contributed by atoms with Crippen LogP contribution in [0.5, 0.6) is 0 Å². The van der Waals surface area contributed by atoms with E-state index in [-0.39, 0.29) is 0 Å². The maximum Gasteiger partial charge on any atom is 0.471 e. The van der Waals surface area contributed by atoms with Crippen LogP contribution in [0.2, 0.25) is 0 Å². The normalized spacial score (nSPS) is 16.5. The van der Waals surface area contributed by atoms with Crippen LogP contribution < -0.4 is 0 Å². The van der Waals surface area contributed by atoms with Gasteiger partial charge in [-0.15, -0.1) is 0 Å². The summed E-state index contributed by atoms with van der Waals surface area (Å²) < 4.78 is 183. The largest absolute Gasteiger partial charge is 0.471 e. The Morgan fingerprint density at radius 3 is 1.57 bits per heavy atom. The number of halogens is 15. The molecule has 28 heavy (non-hydrogen) atoms. The highest BCUT2D eigenvalue weighted by atomic mass is 35.9. The third-order valence-corrected chi connectivity index (χ3v) is 3.21. The number of ether oxygens (including phenoxy) is 2.